The van der Waals surface area contributed by atoms with Gasteiger partial charge >= 0.3 is 0 Å². The first kappa shape index (κ1) is 21.7. The topological polar surface area (TPSA) is 92.8 Å². The molecule has 0 radical (unpaired) electrons. The Morgan fingerprint density at radius 2 is 1.59 bits per heavy atom. The summed E-state index contributed by atoms with van der Waals surface area (Å²) in [6.07, 6.45) is 1.66. The summed E-state index contributed by atoms with van der Waals surface area (Å²) in [5.74, 6) is 1.30. The Balaban J connectivity index is 1.72. The number of benzene rings is 2. The second-order valence-corrected chi connectivity index (χ2v) is 7.95. The highest BCUT2D eigenvalue weighted by molar-refractivity contribution is 6.30. The first-order valence-electron chi connectivity index (χ1n) is 10.3. The molecule has 0 atom stereocenters. The van der Waals surface area contributed by atoms with Gasteiger partial charge in [0.15, 0.2) is 22.7 Å². The highest BCUT2D eigenvalue weighted by Crippen LogP contribution is 2.39. The van der Waals surface area contributed by atoms with Crippen molar-refractivity contribution in [2.24, 2.45) is 0 Å². The van der Waals surface area contributed by atoms with Crippen LogP contribution in [-0.4, -0.2) is 45.7 Å². The zero-order valence-corrected chi connectivity index (χ0v) is 19.6. The molecule has 34 heavy (non-hydrogen) atoms. The monoisotopic (exact) mass is 477 g/mol. The number of hydrogen-bond donors (Lipinski definition) is 0. The summed E-state index contributed by atoms with van der Waals surface area (Å²) in [7, 11) is 4.56. The lowest BCUT2D eigenvalue weighted by Crippen LogP contribution is -2.20. The molecule has 0 N–H and O–H groups in total. The van der Waals surface area contributed by atoms with E-state index < -0.39 is 0 Å². The summed E-state index contributed by atoms with van der Waals surface area (Å²) in [5, 5.41) is 13.9. The molecule has 5 aromatic rings. The Morgan fingerprint density at radius 3 is 2.21 bits per heavy atom. The molecule has 0 aliphatic rings. The van der Waals surface area contributed by atoms with Crippen molar-refractivity contribution in [3.63, 3.8) is 0 Å². The van der Waals surface area contributed by atoms with E-state index in [-0.39, 0.29) is 11.1 Å². The van der Waals surface area contributed by atoms with Crippen molar-refractivity contribution in [3.8, 4) is 34.1 Å². The van der Waals surface area contributed by atoms with Crippen molar-refractivity contribution in [2.45, 2.75) is 6.92 Å². The average molecular weight is 478 g/mol. The molecule has 0 fully saturated rings. The number of fused-ring (bicyclic) bond motifs is 3. The van der Waals surface area contributed by atoms with Gasteiger partial charge < -0.3 is 14.2 Å². The maximum absolute atomic E-state index is 13.4. The van der Waals surface area contributed by atoms with Crippen molar-refractivity contribution in [1.82, 2.24) is 24.4 Å². The number of rotatable bonds is 5. The zero-order valence-electron chi connectivity index (χ0n) is 18.9. The summed E-state index contributed by atoms with van der Waals surface area (Å²) in [6.45, 7) is 1.89. The molecule has 5 rings (SSSR count). The number of aryl methyl sites for hydroxylation is 1. The Hall–Kier alpha value is -4.11. The Kier molecular flexibility index (Phi) is 5.33. The lowest BCUT2D eigenvalue weighted by Gasteiger charge is -2.15. The van der Waals surface area contributed by atoms with Crippen LogP contribution in [0.15, 0.2) is 53.5 Å². The zero-order chi connectivity index (χ0) is 24.0. The van der Waals surface area contributed by atoms with Crippen molar-refractivity contribution in [3.05, 3.63) is 69.7 Å². The number of ether oxygens (including phenoxy) is 3. The van der Waals surface area contributed by atoms with Crippen molar-refractivity contribution >= 4 is 28.3 Å². The molecule has 0 bridgehead atoms. The molecule has 0 amide bonds. The fourth-order valence-corrected chi connectivity index (χ4v) is 4.14. The number of halogens is 1. The van der Waals surface area contributed by atoms with Crippen LogP contribution in [-0.2, 0) is 0 Å². The van der Waals surface area contributed by atoms with Gasteiger partial charge in [0.1, 0.15) is 5.52 Å². The molecule has 9 nitrogen and oxygen atoms in total. The van der Waals surface area contributed by atoms with Gasteiger partial charge in [0.2, 0.25) is 5.75 Å². The summed E-state index contributed by atoms with van der Waals surface area (Å²) in [6, 6.07) is 12.6. The number of hydrogen-bond acceptors (Lipinski definition) is 7. The molecule has 172 valence electrons. The second kappa shape index (κ2) is 8.35. The molecule has 0 aliphatic carbocycles. The van der Waals surface area contributed by atoms with Crippen LogP contribution in [0.25, 0.3) is 33.5 Å². The van der Waals surface area contributed by atoms with Gasteiger partial charge in [-0.1, -0.05) is 23.7 Å². The molecule has 0 aliphatic heterocycles. The molecule has 0 saturated carbocycles. The maximum Gasteiger partial charge on any atom is 0.285 e. The van der Waals surface area contributed by atoms with Crippen molar-refractivity contribution < 1.29 is 14.2 Å². The standard InChI is InChI=1S/C24H20ClN5O4/c1-13-20(14-5-7-15(25)8-6-14)23-27-26-21-17(30(23)28-13)9-10-29(24(21)31)16-11-18(32-2)22(34-4)19(12-16)33-3/h5-12H,1-4H3. The van der Waals surface area contributed by atoms with Gasteiger partial charge in [-0.2, -0.15) is 5.10 Å². The van der Waals surface area contributed by atoms with Crippen LogP contribution in [0, 0.1) is 6.92 Å². The molecular weight excluding hydrogens is 458 g/mol. The number of methoxy groups -OCH3 is 3. The Bertz CT molecular complexity index is 1580. The molecule has 3 aromatic heterocycles. The SMILES string of the molecule is COc1cc(-n2ccc3c(nnc4c(-c5ccc(Cl)cc5)c(C)nn43)c2=O)cc(OC)c1OC. The van der Waals surface area contributed by atoms with Crippen molar-refractivity contribution in [1.29, 1.82) is 0 Å². The van der Waals surface area contributed by atoms with Gasteiger partial charge in [0.25, 0.3) is 5.56 Å². The quantitative estimate of drug-likeness (QED) is 0.376. The first-order chi connectivity index (χ1) is 16.5. The van der Waals surface area contributed by atoms with Crippen LogP contribution in [0.3, 0.4) is 0 Å². The van der Waals surface area contributed by atoms with Gasteiger partial charge in [0, 0.05) is 23.4 Å². The molecule has 0 spiro atoms. The van der Waals surface area contributed by atoms with E-state index in [4.69, 9.17) is 25.8 Å². The molecule has 3 heterocycles. The van der Waals surface area contributed by atoms with Gasteiger partial charge in [-0.25, -0.2) is 4.52 Å². The molecule has 0 saturated heterocycles. The highest BCUT2D eigenvalue weighted by Gasteiger charge is 2.19. The summed E-state index contributed by atoms with van der Waals surface area (Å²) < 4.78 is 19.3. The van der Waals surface area contributed by atoms with Gasteiger partial charge in [-0.15, -0.1) is 10.2 Å². The van der Waals surface area contributed by atoms with Crippen LogP contribution < -0.4 is 19.8 Å². The fraction of sp³-hybridized carbons (Fsp3) is 0.167. The maximum atomic E-state index is 13.4. The van der Waals surface area contributed by atoms with Gasteiger partial charge in [-0.3, -0.25) is 9.36 Å². The minimum Gasteiger partial charge on any atom is -0.493 e. The van der Waals surface area contributed by atoms with Crippen LogP contribution in [0.2, 0.25) is 5.02 Å². The van der Waals surface area contributed by atoms with Crippen LogP contribution >= 0.6 is 11.6 Å². The van der Waals surface area contributed by atoms with E-state index in [1.807, 2.05) is 31.2 Å². The molecule has 10 heteroatoms. The second-order valence-electron chi connectivity index (χ2n) is 7.51. The van der Waals surface area contributed by atoms with E-state index >= 15 is 0 Å². The third-order valence-electron chi connectivity index (χ3n) is 5.61. The minimum atomic E-state index is -0.359. The van der Waals surface area contributed by atoms with E-state index in [1.54, 1.807) is 28.9 Å². The third-order valence-corrected chi connectivity index (χ3v) is 5.87. The Labute approximate surface area is 199 Å². The fourth-order valence-electron chi connectivity index (χ4n) is 4.02. The first-order valence-corrected chi connectivity index (χ1v) is 10.7. The Morgan fingerprint density at radius 1 is 0.912 bits per heavy atom. The van der Waals surface area contributed by atoms with Crippen molar-refractivity contribution in [2.75, 3.05) is 21.3 Å². The normalized spacial score (nSPS) is 11.2. The van der Waals surface area contributed by atoms with E-state index in [9.17, 15) is 4.79 Å². The smallest absolute Gasteiger partial charge is 0.285 e. The lowest BCUT2D eigenvalue weighted by atomic mass is 10.1. The summed E-state index contributed by atoms with van der Waals surface area (Å²) >= 11 is 6.04. The van der Waals surface area contributed by atoms with E-state index in [1.165, 1.54) is 25.9 Å². The summed E-state index contributed by atoms with van der Waals surface area (Å²) in [5.41, 5.74) is 3.95. The average Bonchev–Trinajstić information content (AvgIpc) is 3.20. The number of nitrogens with zero attached hydrogens (tertiary/aromatic N) is 5. The van der Waals surface area contributed by atoms with E-state index in [0.717, 1.165) is 16.8 Å². The molecule has 2 aromatic carbocycles. The highest BCUT2D eigenvalue weighted by atomic mass is 35.5. The van der Waals surface area contributed by atoms with Crippen LogP contribution in [0.5, 0.6) is 17.2 Å². The largest absolute Gasteiger partial charge is 0.493 e. The van der Waals surface area contributed by atoms with Crippen LogP contribution in [0.4, 0.5) is 0 Å². The van der Waals surface area contributed by atoms with Gasteiger partial charge in [0.05, 0.1) is 38.3 Å². The third kappa shape index (κ3) is 3.32. The summed E-state index contributed by atoms with van der Waals surface area (Å²) in [4.78, 5) is 13.4. The predicted molar refractivity (Wildman–Crippen MR) is 129 cm³/mol. The van der Waals surface area contributed by atoms with E-state index in [2.05, 4.69) is 15.3 Å². The lowest BCUT2D eigenvalue weighted by molar-refractivity contribution is 0.324. The molecule has 0 unspecified atom stereocenters. The van der Waals surface area contributed by atoms with E-state index in [0.29, 0.717) is 39.1 Å². The molecular formula is C24H20ClN5O4. The predicted octanol–water partition coefficient (Wildman–Crippen LogP) is 4.08. The van der Waals surface area contributed by atoms with Gasteiger partial charge in [-0.05, 0) is 30.7 Å². The number of pyridine rings is 1. The van der Waals surface area contributed by atoms with Crippen LogP contribution in [0.1, 0.15) is 5.69 Å². The number of aromatic nitrogens is 5. The minimum absolute atomic E-state index is 0.175.